The SMILES string of the molecule is CC(C)(C)OC(=O)N1CCN([C@H](C(=O)O)c2cn(CC(=O)O)c3cc(F)ccc23)CC1. The van der Waals surface area contributed by atoms with E-state index in [4.69, 9.17) is 4.74 Å². The van der Waals surface area contributed by atoms with E-state index in [0.717, 1.165) is 0 Å². The predicted molar refractivity (Wildman–Crippen MR) is 109 cm³/mol. The van der Waals surface area contributed by atoms with Crippen LogP contribution in [0.15, 0.2) is 24.4 Å². The number of rotatable bonds is 5. The number of hydrogen-bond donors (Lipinski definition) is 2. The molecule has 0 spiro atoms. The Kier molecular flexibility index (Phi) is 6.21. The van der Waals surface area contributed by atoms with Crippen LogP contribution in [-0.2, 0) is 20.9 Å². The van der Waals surface area contributed by atoms with E-state index in [2.05, 4.69) is 0 Å². The quantitative estimate of drug-likeness (QED) is 0.742. The van der Waals surface area contributed by atoms with E-state index in [9.17, 15) is 29.0 Å². The summed E-state index contributed by atoms with van der Waals surface area (Å²) in [7, 11) is 0. The van der Waals surface area contributed by atoms with Gasteiger partial charge in [-0.05, 0) is 39.0 Å². The third kappa shape index (κ3) is 5.13. The fourth-order valence-electron chi connectivity index (χ4n) is 3.76. The van der Waals surface area contributed by atoms with E-state index < -0.39 is 42.0 Å². The highest BCUT2D eigenvalue weighted by Gasteiger charge is 2.34. The lowest BCUT2D eigenvalue weighted by atomic mass is 10.0. The van der Waals surface area contributed by atoms with Crippen LogP contribution in [0.2, 0.25) is 0 Å². The molecule has 2 heterocycles. The van der Waals surface area contributed by atoms with Crippen molar-refractivity contribution in [2.75, 3.05) is 26.2 Å². The molecule has 9 nitrogen and oxygen atoms in total. The van der Waals surface area contributed by atoms with Crippen molar-refractivity contribution in [1.82, 2.24) is 14.4 Å². The van der Waals surface area contributed by atoms with Gasteiger partial charge in [0, 0.05) is 43.3 Å². The Bertz CT molecular complexity index is 1000. The number of amides is 1. The van der Waals surface area contributed by atoms with E-state index in [1.54, 1.807) is 25.7 Å². The summed E-state index contributed by atoms with van der Waals surface area (Å²) in [5.74, 6) is -2.77. The lowest BCUT2D eigenvalue weighted by Gasteiger charge is -2.38. The van der Waals surface area contributed by atoms with Gasteiger partial charge in [-0.15, -0.1) is 0 Å². The summed E-state index contributed by atoms with van der Waals surface area (Å²) >= 11 is 0. The number of halogens is 1. The number of ether oxygens (including phenoxy) is 1. The zero-order valence-electron chi connectivity index (χ0n) is 17.7. The van der Waals surface area contributed by atoms with Crippen molar-refractivity contribution in [3.8, 4) is 0 Å². The first-order valence-electron chi connectivity index (χ1n) is 9.91. The first kappa shape index (κ1) is 22.5. The monoisotopic (exact) mass is 435 g/mol. The molecule has 0 saturated carbocycles. The standard InChI is InChI=1S/C21H26FN3O6/c1-21(2,3)31-20(30)24-8-6-23(7-9-24)18(19(28)29)15-11-25(12-17(26)27)16-10-13(22)4-5-14(15)16/h4-5,10-11,18H,6-9,12H2,1-3H3,(H,26,27)(H,28,29)/t18-/m0/s1. The summed E-state index contributed by atoms with van der Waals surface area (Å²) in [6.07, 6.45) is 1.00. The highest BCUT2D eigenvalue weighted by Crippen LogP contribution is 2.32. The Hall–Kier alpha value is -3.14. The van der Waals surface area contributed by atoms with Crippen LogP contribution < -0.4 is 0 Å². The zero-order chi connectivity index (χ0) is 22.9. The predicted octanol–water partition coefficient (Wildman–Crippen LogP) is 2.54. The number of carboxylic acids is 2. The second kappa shape index (κ2) is 8.54. The maximum absolute atomic E-state index is 13.8. The Morgan fingerprint density at radius 1 is 1.13 bits per heavy atom. The molecule has 2 aromatic rings. The molecular formula is C21H26FN3O6. The molecule has 10 heteroatoms. The highest BCUT2D eigenvalue weighted by molar-refractivity contribution is 5.90. The summed E-state index contributed by atoms with van der Waals surface area (Å²) in [5, 5.41) is 19.6. The van der Waals surface area contributed by atoms with Crippen molar-refractivity contribution >= 4 is 28.9 Å². The molecule has 1 aliphatic heterocycles. The van der Waals surface area contributed by atoms with Crippen molar-refractivity contribution < 1.29 is 33.7 Å². The van der Waals surface area contributed by atoms with Crippen LogP contribution >= 0.6 is 0 Å². The van der Waals surface area contributed by atoms with Gasteiger partial charge in [0.25, 0.3) is 0 Å². The van der Waals surface area contributed by atoms with Crippen molar-refractivity contribution in [2.45, 2.75) is 39.0 Å². The van der Waals surface area contributed by atoms with Gasteiger partial charge < -0.3 is 24.4 Å². The van der Waals surface area contributed by atoms with Crippen molar-refractivity contribution in [1.29, 1.82) is 0 Å². The van der Waals surface area contributed by atoms with Gasteiger partial charge in [0.2, 0.25) is 0 Å². The number of nitrogens with zero attached hydrogens (tertiary/aromatic N) is 3. The largest absolute Gasteiger partial charge is 0.480 e. The number of carbonyl (C=O) groups is 3. The van der Waals surface area contributed by atoms with Gasteiger partial charge >= 0.3 is 18.0 Å². The highest BCUT2D eigenvalue weighted by atomic mass is 19.1. The molecule has 3 rings (SSSR count). The second-order valence-electron chi connectivity index (χ2n) is 8.51. The third-order valence-corrected chi connectivity index (χ3v) is 5.04. The summed E-state index contributed by atoms with van der Waals surface area (Å²) in [6, 6.07) is 2.81. The van der Waals surface area contributed by atoms with Crippen LogP contribution in [0.25, 0.3) is 10.9 Å². The summed E-state index contributed by atoms with van der Waals surface area (Å²) in [4.78, 5) is 38.9. The van der Waals surface area contributed by atoms with Crippen LogP contribution in [0.1, 0.15) is 32.4 Å². The lowest BCUT2D eigenvalue weighted by Crippen LogP contribution is -2.51. The number of hydrogen-bond acceptors (Lipinski definition) is 5. The maximum Gasteiger partial charge on any atom is 0.410 e. The smallest absolute Gasteiger partial charge is 0.410 e. The molecule has 31 heavy (non-hydrogen) atoms. The molecule has 1 aliphatic rings. The van der Waals surface area contributed by atoms with Crippen molar-refractivity contribution in [2.24, 2.45) is 0 Å². The Labute approximate surface area is 178 Å². The van der Waals surface area contributed by atoms with Gasteiger partial charge in [0.05, 0.1) is 5.52 Å². The zero-order valence-corrected chi connectivity index (χ0v) is 17.7. The van der Waals surface area contributed by atoms with Crippen LogP contribution in [0.3, 0.4) is 0 Å². The van der Waals surface area contributed by atoms with E-state index in [-0.39, 0.29) is 0 Å². The lowest BCUT2D eigenvalue weighted by molar-refractivity contribution is -0.144. The van der Waals surface area contributed by atoms with E-state index in [1.807, 2.05) is 0 Å². The van der Waals surface area contributed by atoms with Crippen LogP contribution in [-0.4, -0.2) is 74.4 Å². The first-order valence-corrected chi connectivity index (χ1v) is 9.91. The molecule has 2 N–H and O–H groups in total. The molecular weight excluding hydrogens is 409 g/mol. The van der Waals surface area contributed by atoms with Gasteiger partial charge in [0.15, 0.2) is 0 Å². The number of benzene rings is 1. The minimum absolute atomic E-state index is 0.293. The fourth-order valence-corrected chi connectivity index (χ4v) is 3.76. The van der Waals surface area contributed by atoms with Crippen LogP contribution in [0, 0.1) is 5.82 Å². The van der Waals surface area contributed by atoms with Gasteiger partial charge in [-0.2, -0.15) is 0 Å². The third-order valence-electron chi connectivity index (χ3n) is 5.04. The molecule has 168 valence electrons. The van der Waals surface area contributed by atoms with Crippen molar-refractivity contribution in [3.05, 3.63) is 35.8 Å². The number of piperazine rings is 1. The molecule has 0 aliphatic carbocycles. The average Bonchev–Trinajstić information content (AvgIpc) is 2.97. The number of aromatic nitrogens is 1. The Morgan fingerprint density at radius 2 is 1.77 bits per heavy atom. The maximum atomic E-state index is 13.8. The molecule has 1 amide bonds. The average molecular weight is 435 g/mol. The molecule has 1 aromatic heterocycles. The van der Waals surface area contributed by atoms with E-state index in [0.29, 0.717) is 42.6 Å². The minimum atomic E-state index is -1.12. The molecule has 1 atom stereocenters. The summed E-state index contributed by atoms with van der Waals surface area (Å²) in [6.45, 7) is 6.08. The number of aliphatic carboxylic acids is 2. The first-order chi connectivity index (χ1) is 14.5. The van der Waals surface area contributed by atoms with Crippen LogP contribution in [0.5, 0.6) is 0 Å². The fraction of sp³-hybridized carbons (Fsp3) is 0.476. The number of carbonyl (C=O) groups excluding carboxylic acids is 1. The van der Waals surface area contributed by atoms with Gasteiger partial charge in [-0.1, -0.05) is 0 Å². The topological polar surface area (TPSA) is 112 Å². The van der Waals surface area contributed by atoms with Crippen LogP contribution in [0.4, 0.5) is 9.18 Å². The normalized spacial score (nSPS) is 16.3. The molecule has 0 radical (unpaired) electrons. The summed E-state index contributed by atoms with van der Waals surface area (Å²) < 4.78 is 20.5. The Balaban J connectivity index is 1.87. The molecule has 1 fully saturated rings. The minimum Gasteiger partial charge on any atom is -0.480 e. The molecule has 0 bridgehead atoms. The van der Waals surface area contributed by atoms with Gasteiger partial charge in [-0.3, -0.25) is 14.5 Å². The van der Waals surface area contributed by atoms with Gasteiger partial charge in [-0.25, -0.2) is 9.18 Å². The second-order valence-corrected chi connectivity index (χ2v) is 8.51. The Morgan fingerprint density at radius 3 is 2.32 bits per heavy atom. The van der Waals surface area contributed by atoms with E-state index >= 15 is 0 Å². The molecule has 1 saturated heterocycles. The molecule has 1 aromatic carbocycles. The van der Waals surface area contributed by atoms with E-state index in [1.165, 1.54) is 33.9 Å². The summed E-state index contributed by atoms with van der Waals surface area (Å²) in [5.41, 5.74) is 0.0736. The molecule has 0 unspecified atom stereocenters. The number of carboxylic acid groups (broad SMARTS) is 2. The number of fused-ring (bicyclic) bond motifs is 1. The van der Waals surface area contributed by atoms with Gasteiger partial charge in [0.1, 0.15) is 24.0 Å². The van der Waals surface area contributed by atoms with Crippen molar-refractivity contribution in [3.63, 3.8) is 0 Å².